The molecule has 4 aliphatic rings. The van der Waals surface area contributed by atoms with Crippen LogP contribution in [0.1, 0.15) is 34.6 Å². The van der Waals surface area contributed by atoms with E-state index in [-0.39, 0.29) is 11.7 Å². The average Bonchev–Trinajstić information content (AvgIpc) is 3.03. The van der Waals surface area contributed by atoms with E-state index in [9.17, 15) is 19.5 Å². The molecule has 0 spiro atoms. The molecule has 8 unspecified atom stereocenters. The van der Waals surface area contributed by atoms with Gasteiger partial charge in [0.25, 0.3) is 0 Å². The van der Waals surface area contributed by atoms with Crippen LogP contribution in [0, 0.1) is 11.8 Å². The topological polar surface area (TPSA) is 112 Å². The highest BCUT2D eigenvalue weighted by molar-refractivity contribution is 5.91. The fourth-order valence-corrected chi connectivity index (χ4v) is 4.79. The standard InChI is InChI=1S/C22H26O8/c1-9-13-7-8-21(5,26)15(13)17-14(10(2)19(24)28-17)18(16(9)27-12(4)23)29-20(25)22(6)11(3)30-22/h7-8,11,14-18,26H,2H2,1,3-6H3. The van der Waals surface area contributed by atoms with E-state index < -0.39 is 59.3 Å². The Kier molecular flexibility index (Phi) is 4.52. The fourth-order valence-electron chi connectivity index (χ4n) is 4.79. The number of epoxide rings is 1. The van der Waals surface area contributed by atoms with Crippen molar-refractivity contribution in [2.45, 2.75) is 70.2 Å². The number of carbonyl (C=O) groups is 3. The van der Waals surface area contributed by atoms with Crippen LogP contribution in [-0.2, 0) is 33.3 Å². The third-order valence-corrected chi connectivity index (χ3v) is 6.77. The van der Waals surface area contributed by atoms with Crippen molar-refractivity contribution in [2.24, 2.45) is 11.8 Å². The van der Waals surface area contributed by atoms with E-state index in [4.69, 9.17) is 18.9 Å². The van der Waals surface area contributed by atoms with Gasteiger partial charge in [-0.2, -0.15) is 0 Å². The Morgan fingerprint density at radius 1 is 1.27 bits per heavy atom. The van der Waals surface area contributed by atoms with Gasteiger partial charge in [-0.3, -0.25) is 4.79 Å². The summed E-state index contributed by atoms with van der Waals surface area (Å²) in [7, 11) is 0. The van der Waals surface area contributed by atoms with Gasteiger partial charge >= 0.3 is 17.9 Å². The zero-order valence-electron chi connectivity index (χ0n) is 17.6. The fraction of sp³-hybridized carbons (Fsp3) is 0.591. The summed E-state index contributed by atoms with van der Waals surface area (Å²) < 4.78 is 22.4. The lowest BCUT2D eigenvalue weighted by molar-refractivity contribution is -0.173. The molecular weight excluding hydrogens is 392 g/mol. The molecule has 0 amide bonds. The lowest BCUT2D eigenvalue weighted by atomic mass is 9.78. The molecule has 8 nitrogen and oxygen atoms in total. The van der Waals surface area contributed by atoms with E-state index in [1.807, 2.05) is 0 Å². The molecule has 8 heteroatoms. The number of fused-ring (bicyclic) bond motifs is 3. The summed E-state index contributed by atoms with van der Waals surface area (Å²) in [5, 5.41) is 11.0. The molecule has 8 atom stereocenters. The van der Waals surface area contributed by atoms with Crippen molar-refractivity contribution >= 4 is 17.9 Å². The SMILES string of the molecule is C=C1C(=O)OC2C1C(OC(=O)C1(C)OC1C)C(OC(C)=O)C(C)=C1C=CC(C)(O)C12. The normalized spacial score (nSPS) is 44.2. The van der Waals surface area contributed by atoms with Crippen LogP contribution in [0.4, 0.5) is 0 Å². The Hall–Kier alpha value is -2.45. The number of allylic oxidation sites excluding steroid dienone is 1. The summed E-state index contributed by atoms with van der Waals surface area (Å²) in [4.78, 5) is 37.2. The number of hydrogen-bond acceptors (Lipinski definition) is 8. The van der Waals surface area contributed by atoms with Crippen molar-refractivity contribution in [1.29, 1.82) is 0 Å². The van der Waals surface area contributed by atoms with Gasteiger partial charge in [0, 0.05) is 12.5 Å². The second kappa shape index (κ2) is 6.52. The van der Waals surface area contributed by atoms with Crippen LogP contribution in [0.3, 0.4) is 0 Å². The van der Waals surface area contributed by atoms with Crippen molar-refractivity contribution in [1.82, 2.24) is 0 Å². The predicted octanol–water partition coefficient (Wildman–Crippen LogP) is 1.37. The largest absolute Gasteiger partial charge is 0.457 e. The Balaban J connectivity index is 1.83. The zero-order valence-corrected chi connectivity index (χ0v) is 17.6. The van der Waals surface area contributed by atoms with Gasteiger partial charge < -0.3 is 24.1 Å². The van der Waals surface area contributed by atoms with Crippen molar-refractivity contribution in [3.8, 4) is 0 Å². The first kappa shape index (κ1) is 20.8. The molecule has 0 aromatic heterocycles. The molecule has 0 bridgehead atoms. The van der Waals surface area contributed by atoms with Crippen LogP contribution in [0.5, 0.6) is 0 Å². The van der Waals surface area contributed by atoms with Gasteiger partial charge in [-0.25, -0.2) is 9.59 Å². The first-order valence-corrected chi connectivity index (χ1v) is 9.96. The molecule has 30 heavy (non-hydrogen) atoms. The molecule has 0 aromatic rings. The predicted molar refractivity (Wildman–Crippen MR) is 103 cm³/mol. The number of rotatable bonds is 3. The second-order valence-electron chi connectivity index (χ2n) is 8.86. The van der Waals surface area contributed by atoms with Gasteiger partial charge in [0.1, 0.15) is 6.10 Å². The Morgan fingerprint density at radius 3 is 2.47 bits per heavy atom. The summed E-state index contributed by atoms with van der Waals surface area (Å²) in [6, 6.07) is 0. The van der Waals surface area contributed by atoms with Crippen LogP contribution >= 0.6 is 0 Å². The molecule has 0 saturated carbocycles. The first-order chi connectivity index (χ1) is 13.9. The van der Waals surface area contributed by atoms with Crippen LogP contribution in [-0.4, -0.2) is 58.6 Å². The minimum absolute atomic E-state index is 0.113. The van der Waals surface area contributed by atoms with Gasteiger partial charge in [-0.05, 0) is 38.8 Å². The minimum Gasteiger partial charge on any atom is -0.457 e. The molecule has 4 rings (SSSR count). The molecule has 2 aliphatic heterocycles. The van der Waals surface area contributed by atoms with E-state index >= 15 is 0 Å². The van der Waals surface area contributed by atoms with Crippen molar-refractivity contribution in [3.05, 3.63) is 35.5 Å². The third-order valence-electron chi connectivity index (χ3n) is 6.77. The molecule has 2 heterocycles. The van der Waals surface area contributed by atoms with E-state index in [0.717, 1.165) is 0 Å². The maximum absolute atomic E-state index is 12.9. The highest BCUT2D eigenvalue weighted by Crippen LogP contribution is 2.51. The van der Waals surface area contributed by atoms with Crippen LogP contribution < -0.4 is 0 Å². The Morgan fingerprint density at radius 2 is 1.90 bits per heavy atom. The van der Waals surface area contributed by atoms with E-state index in [0.29, 0.717) is 11.1 Å². The van der Waals surface area contributed by atoms with Crippen LogP contribution in [0.2, 0.25) is 0 Å². The highest BCUT2D eigenvalue weighted by atomic mass is 16.7. The number of carbonyl (C=O) groups excluding carboxylic acids is 3. The van der Waals surface area contributed by atoms with Gasteiger partial charge in [0.2, 0.25) is 0 Å². The lowest BCUT2D eigenvalue weighted by Crippen LogP contribution is -2.48. The summed E-state index contributed by atoms with van der Waals surface area (Å²) in [5.74, 6) is -3.22. The second-order valence-corrected chi connectivity index (χ2v) is 8.86. The molecule has 0 aromatic carbocycles. The quantitative estimate of drug-likeness (QED) is 0.317. The summed E-state index contributed by atoms with van der Waals surface area (Å²) >= 11 is 0. The summed E-state index contributed by atoms with van der Waals surface area (Å²) in [6.45, 7) is 11.9. The molecule has 2 aliphatic carbocycles. The molecule has 0 radical (unpaired) electrons. The number of hydrogen-bond donors (Lipinski definition) is 1. The number of ether oxygens (including phenoxy) is 4. The van der Waals surface area contributed by atoms with Crippen molar-refractivity contribution < 1.29 is 38.4 Å². The molecular formula is C22H26O8. The van der Waals surface area contributed by atoms with Crippen LogP contribution in [0.15, 0.2) is 35.5 Å². The molecule has 162 valence electrons. The van der Waals surface area contributed by atoms with Gasteiger partial charge in [0.05, 0.1) is 23.5 Å². The first-order valence-electron chi connectivity index (χ1n) is 9.96. The molecule has 1 N–H and O–H groups in total. The van der Waals surface area contributed by atoms with Gasteiger partial charge in [0.15, 0.2) is 17.8 Å². The monoisotopic (exact) mass is 418 g/mol. The lowest BCUT2D eigenvalue weighted by Gasteiger charge is -2.34. The van der Waals surface area contributed by atoms with E-state index in [1.165, 1.54) is 6.92 Å². The third kappa shape index (κ3) is 2.93. The summed E-state index contributed by atoms with van der Waals surface area (Å²) in [6.07, 6.45) is 0.192. The summed E-state index contributed by atoms with van der Waals surface area (Å²) in [5.41, 5.74) is -0.985. The van der Waals surface area contributed by atoms with Crippen LogP contribution in [0.25, 0.3) is 0 Å². The molecule has 2 saturated heterocycles. The van der Waals surface area contributed by atoms with Crippen molar-refractivity contribution in [2.75, 3.05) is 0 Å². The van der Waals surface area contributed by atoms with E-state index in [1.54, 1.807) is 39.8 Å². The minimum atomic E-state index is -1.30. The Bertz CT molecular complexity index is 912. The maximum atomic E-state index is 12.9. The smallest absolute Gasteiger partial charge is 0.341 e. The molecule has 2 fully saturated rings. The van der Waals surface area contributed by atoms with Gasteiger partial charge in [-0.15, -0.1) is 0 Å². The highest BCUT2D eigenvalue weighted by Gasteiger charge is 2.62. The zero-order chi connectivity index (χ0) is 22.2. The van der Waals surface area contributed by atoms with Crippen molar-refractivity contribution in [3.63, 3.8) is 0 Å². The maximum Gasteiger partial charge on any atom is 0.341 e. The number of aliphatic hydroxyl groups is 1. The Labute approximate surface area is 174 Å². The number of esters is 3. The van der Waals surface area contributed by atoms with E-state index in [2.05, 4.69) is 6.58 Å². The van der Waals surface area contributed by atoms with Gasteiger partial charge in [-0.1, -0.05) is 18.7 Å². The average molecular weight is 418 g/mol.